The minimum Gasteiger partial charge on any atom is -0.423 e. The minimum absolute atomic E-state index is 0.251. The predicted molar refractivity (Wildman–Crippen MR) is 49.6 cm³/mol. The molecular formula is C5H5BINO3. The molecule has 1 rings (SSSR count). The first-order chi connectivity index (χ1) is 5.11. The van der Waals surface area contributed by atoms with Gasteiger partial charge in [-0.15, -0.1) is 0 Å². The van der Waals surface area contributed by atoms with Gasteiger partial charge in [-0.05, 0) is 22.6 Å². The first-order valence-corrected chi connectivity index (χ1v) is 3.94. The summed E-state index contributed by atoms with van der Waals surface area (Å²) in [5.74, 6) is 0. The van der Waals surface area contributed by atoms with E-state index in [0.29, 0.717) is 9.16 Å². The Morgan fingerprint density at radius 2 is 2.09 bits per heavy atom. The molecule has 0 aliphatic heterocycles. The van der Waals surface area contributed by atoms with Crippen molar-refractivity contribution in [2.75, 3.05) is 0 Å². The molecule has 0 aliphatic rings. The number of pyridine rings is 1. The van der Waals surface area contributed by atoms with Crippen LogP contribution >= 0.6 is 22.6 Å². The fourth-order valence-electron chi connectivity index (χ4n) is 0.660. The fraction of sp³-hybridized carbons (Fsp3) is 0. The van der Waals surface area contributed by atoms with E-state index in [2.05, 4.69) is 4.98 Å². The van der Waals surface area contributed by atoms with Crippen molar-refractivity contribution in [3.05, 3.63) is 26.2 Å². The lowest BCUT2D eigenvalue weighted by atomic mass is 9.82. The molecule has 0 atom stereocenters. The third-order valence-corrected chi connectivity index (χ3v) is 2.07. The van der Waals surface area contributed by atoms with E-state index in [0.717, 1.165) is 0 Å². The largest absolute Gasteiger partial charge is 0.491 e. The minimum atomic E-state index is -1.53. The Labute approximate surface area is 76.6 Å². The monoisotopic (exact) mass is 265 g/mol. The molecule has 0 unspecified atom stereocenters. The number of halogens is 1. The maximum atomic E-state index is 10.6. The molecule has 1 aromatic heterocycles. The van der Waals surface area contributed by atoms with Gasteiger partial charge in [-0.2, -0.15) is 0 Å². The summed E-state index contributed by atoms with van der Waals surface area (Å²) < 4.78 is 0.449. The van der Waals surface area contributed by atoms with Gasteiger partial charge in [0, 0.05) is 11.5 Å². The highest BCUT2D eigenvalue weighted by atomic mass is 127. The van der Waals surface area contributed by atoms with Crippen molar-refractivity contribution in [1.82, 2.24) is 4.98 Å². The summed E-state index contributed by atoms with van der Waals surface area (Å²) in [7, 11) is -1.53. The van der Waals surface area contributed by atoms with Crippen molar-refractivity contribution in [3.63, 3.8) is 0 Å². The maximum Gasteiger partial charge on any atom is 0.491 e. The summed E-state index contributed by atoms with van der Waals surface area (Å²) in [6.45, 7) is 0. The molecule has 1 heterocycles. The van der Waals surface area contributed by atoms with Gasteiger partial charge in [0.15, 0.2) is 0 Å². The number of hydrogen-bond donors (Lipinski definition) is 3. The Bertz CT molecular complexity index is 311. The summed E-state index contributed by atoms with van der Waals surface area (Å²) in [5, 5.41) is 17.4. The predicted octanol–water partition coefficient (Wildman–Crippen LogP) is -1.34. The topological polar surface area (TPSA) is 73.3 Å². The van der Waals surface area contributed by atoms with Crippen LogP contribution in [0.2, 0.25) is 0 Å². The third-order valence-electron chi connectivity index (χ3n) is 1.18. The average molecular weight is 265 g/mol. The molecule has 0 amide bonds. The molecule has 0 spiro atoms. The second-order valence-electron chi connectivity index (χ2n) is 1.97. The van der Waals surface area contributed by atoms with E-state index in [1.54, 1.807) is 0 Å². The number of nitrogens with one attached hydrogen (secondary N) is 1. The quantitative estimate of drug-likeness (QED) is 0.334. The van der Waals surface area contributed by atoms with E-state index in [1.807, 2.05) is 22.6 Å². The molecule has 4 nitrogen and oxygen atoms in total. The molecule has 11 heavy (non-hydrogen) atoms. The molecule has 58 valence electrons. The van der Waals surface area contributed by atoms with Gasteiger partial charge in [-0.1, -0.05) is 6.07 Å². The summed E-state index contributed by atoms with van der Waals surface area (Å²) in [5.41, 5.74) is 0.0593. The number of hydrogen-bond acceptors (Lipinski definition) is 3. The number of rotatable bonds is 1. The number of H-pyrrole nitrogens is 1. The summed E-state index contributed by atoms with van der Waals surface area (Å²) >= 11 is 1.83. The van der Waals surface area contributed by atoms with Crippen molar-refractivity contribution < 1.29 is 10.0 Å². The molecular weight excluding hydrogens is 260 g/mol. The maximum absolute atomic E-state index is 10.6. The summed E-state index contributed by atoms with van der Waals surface area (Å²) in [6, 6.07) is 2.63. The zero-order valence-corrected chi connectivity index (χ0v) is 7.57. The average Bonchev–Trinajstić information content (AvgIpc) is 1.85. The Kier molecular flexibility index (Phi) is 2.69. The van der Waals surface area contributed by atoms with Gasteiger partial charge in [0.05, 0.1) is 3.70 Å². The molecule has 0 saturated heterocycles. The molecule has 0 radical (unpaired) electrons. The van der Waals surface area contributed by atoms with Gasteiger partial charge in [0.1, 0.15) is 0 Å². The molecule has 3 N–H and O–H groups in total. The van der Waals surface area contributed by atoms with Crippen molar-refractivity contribution in [2.45, 2.75) is 0 Å². The summed E-state index contributed by atoms with van der Waals surface area (Å²) in [4.78, 5) is 13.1. The van der Waals surface area contributed by atoms with Crippen LogP contribution in [0, 0.1) is 3.70 Å². The lowest BCUT2D eigenvalue weighted by Gasteiger charge is -1.99. The molecule has 1 aromatic rings. The molecule has 0 saturated carbocycles. The van der Waals surface area contributed by atoms with E-state index in [9.17, 15) is 4.79 Å². The Morgan fingerprint density at radius 3 is 2.55 bits per heavy atom. The molecule has 0 bridgehead atoms. The van der Waals surface area contributed by atoms with Gasteiger partial charge >= 0.3 is 7.12 Å². The van der Waals surface area contributed by atoms with Gasteiger partial charge < -0.3 is 15.0 Å². The molecule has 0 aromatic carbocycles. The van der Waals surface area contributed by atoms with Gasteiger partial charge in [-0.25, -0.2) is 0 Å². The van der Waals surface area contributed by atoms with Crippen LogP contribution in [-0.2, 0) is 0 Å². The third kappa shape index (κ3) is 2.04. The van der Waals surface area contributed by atoms with Crippen LogP contribution in [0.15, 0.2) is 16.9 Å². The van der Waals surface area contributed by atoms with E-state index in [-0.39, 0.29) is 5.56 Å². The smallest absolute Gasteiger partial charge is 0.423 e. The van der Waals surface area contributed by atoms with Crippen LogP contribution in [0.5, 0.6) is 0 Å². The van der Waals surface area contributed by atoms with Crippen molar-refractivity contribution >= 4 is 35.2 Å². The standard InChI is InChI=1S/C5H5BINO3/c7-5-3(6(10)11)1-2-4(9)8-5/h1-2,10-11H,(H,8,9). The van der Waals surface area contributed by atoms with E-state index < -0.39 is 7.12 Å². The van der Waals surface area contributed by atoms with Crippen LogP contribution in [-0.4, -0.2) is 22.2 Å². The van der Waals surface area contributed by atoms with Crippen molar-refractivity contribution in [3.8, 4) is 0 Å². The molecule has 6 heteroatoms. The first kappa shape index (κ1) is 8.76. The van der Waals surface area contributed by atoms with Gasteiger partial charge in [0.25, 0.3) is 0 Å². The second-order valence-corrected chi connectivity index (χ2v) is 3.04. The molecule has 0 aliphatic carbocycles. The van der Waals surface area contributed by atoms with E-state index >= 15 is 0 Å². The zero-order chi connectivity index (χ0) is 8.43. The van der Waals surface area contributed by atoms with Crippen LogP contribution < -0.4 is 11.0 Å². The number of aromatic nitrogens is 1. The molecule has 0 fully saturated rings. The highest BCUT2D eigenvalue weighted by Gasteiger charge is 2.14. The Balaban J connectivity index is 3.20. The number of aromatic amines is 1. The fourth-order valence-corrected chi connectivity index (χ4v) is 1.38. The summed E-state index contributed by atoms with van der Waals surface area (Å²) in [6.07, 6.45) is 0. The van der Waals surface area contributed by atoms with Crippen molar-refractivity contribution in [2.24, 2.45) is 0 Å². The second kappa shape index (κ2) is 3.37. The van der Waals surface area contributed by atoms with Gasteiger partial charge in [-0.3, -0.25) is 4.79 Å². The SMILES string of the molecule is O=c1ccc(B(O)O)c(I)[nH]1. The highest BCUT2D eigenvalue weighted by Crippen LogP contribution is 1.92. The van der Waals surface area contributed by atoms with Crippen LogP contribution in [0.25, 0.3) is 0 Å². The lowest BCUT2D eigenvalue weighted by Crippen LogP contribution is -2.34. The normalized spacial score (nSPS) is 9.73. The van der Waals surface area contributed by atoms with E-state index in [4.69, 9.17) is 10.0 Å². The lowest BCUT2D eigenvalue weighted by molar-refractivity contribution is 0.425. The first-order valence-electron chi connectivity index (χ1n) is 2.86. The zero-order valence-electron chi connectivity index (χ0n) is 5.41. The van der Waals surface area contributed by atoms with Gasteiger partial charge in [0.2, 0.25) is 5.56 Å². The Hall–Kier alpha value is -0.335. The van der Waals surface area contributed by atoms with E-state index in [1.165, 1.54) is 12.1 Å². The van der Waals surface area contributed by atoms with Crippen LogP contribution in [0.4, 0.5) is 0 Å². The Morgan fingerprint density at radius 1 is 1.45 bits per heavy atom. The van der Waals surface area contributed by atoms with Crippen LogP contribution in [0.1, 0.15) is 0 Å². The van der Waals surface area contributed by atoms with Crippen molar-refractivity contribution in [1.29, 1.82) is 0 Å². The highest BCUT2D eigenvalue weighted by molar-refractivity contribution is 14.1. The van der Waals surface area contributed by atoms with Crippen LogP contribution in [0.3, 0.4) is 0 Å².